The number of carbonyl (C=O) groups excluding carboxylic acids is 1. The minimum Gasteiger partial charge on any atom is -0.343 e. The Labute approximate surface area is 145 Å². The van der Waals surface area contributed by atoms with E-state index in [1.807, 2.05) is 0 Å². The van der Waals surface area contributed by atoms with Gasteiger partial charge >= 0.3 is 0 Å². The van der Waals surface area contributed by atoms with Crippen LogP contribution in [0.1, 0.15) is 53.7 Å². The molecule has 0 atom stereocenters. The maximum Gasteiger partial charge on any atom is 0.253 e. The average Bonchev–Trinajstić information content (AvgIpc) is 3.01. The molecule has 0 aliphatic heterocycles. The molecule has 3 rings (SSSR count). The SMILES string of the molecule is O=C(NCc1nc(C2CCC(F)(F)CC2)no1)c1cncc(Br)c1. The van der Waals surface area contributed by atoms with Gasteiger partial charge in [-0.2, -0.15) is 4.98 Å². The van der Waals surface area contributed by atoms with Gasteiger partial charge in [0.25, 0.3) is 5.91 Å². The Bertz CT molecular complexity index is 728. The number of halogens is 3. The number of alkyl halides is 2. The topological polar surface area (TPSA) is 80.9 Å². The first-order valence-electron chi connectivity index (χ1n) is 7.52. The van der Waals surface area contributed by atoms with Crippen molar-refractivity contribution in [3.05, 3.63) is 40.2 Å². The van der Waals surface area contributed by atoms with E-state index >= 15 is 0 Å². The fraction of sp³-hybridized carbons (Fsp3) is 0.467. The molecule has 1 amide bonds. The second kappa shape index (κ2) is 6.92. The van der Waals surface area contributed by atoms with Crippen molar-refractivity contribution in [1.29, 1.82) is 0 Å². The van der Waals surface area contributed by atoms with Crippen LogP contribution in [-0.4, -0.2) is 27.0 Å². The summed E-state index contributed by atoms with van der Waals surface area (Å²) in [6.07, 6.45) is 3.38. The van der Waals surface area contributed by atoms with Crippen molar-refractivity contribution in [1.82, 2.24) is 20.4 Å². The van der Waals surface area contributed by atoms with Gasteiger partial charge in [-0.25, -0.2) is 8.78 Å². The van der Waals surface area contributed by atoms with Gasteiger partial charge in [0.05, 0.1) is 12.1 Å². The van der Waals surface area contributed by atoms with Gasteiger partial charge in [0.1, 0.15) is 0 Å². The number of pyridine rings is 1. The number of nitrogens with zero attached hydrogens (tertiary/aromatic N) is 3. The van der Waals surface area contributed by atoms with E-state index < -0.39 is 5.92 Å². The van der Waals surface area contributed by atoms with Crippen LogP contribution in [-0.2, 0) is 6.54 Å². The monoisotopic (exact) mass is 400 g/mol. The molecule has 1 N–H and O–H groups in total. The lowest BCUT2D eigenvalue weighted by Gasteiger charge is -2.26. The summed E-state index contributed by atoms with van der Waals surface area (Å²) in [6.45, 7) is 0.0707. The van der Waals surface area contributed by atoms with Crippen molar-refractivity contribution in [2.45, 2.75) is 44.1 Å². The van der Waals surface area contributed by atoms with E-state index in [1.165, 1.54) is 6.20 Å². The van der Waals surface area contributed by atoms with E-state index in [-0.39, 0.29) is 37.1 Å². The lowest BCUT2D eigenvalue weighted by Crippen LogP contribution is -2.24. The average molecular weight is 401 g/mol. The third kappa shape index (κ3) is 4.14. The van der Waals surface area contributed by atoms with E-state index in [2.05, 4.69) is 36.4 Å². The second-order valence-corrected chi connectivity index (χ2v) is 6.67. The maximum atomic E-state index is 13.2. The molecule has 24 heavy (non-hydrogen) atoms. The van der Waals surface area contributed by atoms with Gasteiger partial charge < -0.3 is 9.84 Å². The van der Waals surface area contributed by atoms with Gasteiger partial charge in [0, 0.05) is 35.6 Å². The Morgan fingerprint density at radius 1 is 1.38 bits per heavy atom. The molecule has 1 saturated carbocycles. The van der Waals surface area contributed by atoms with Gasteiger partial charge in [0.15, 0.2) is 5.82 Å². The van der Waals surface area contributed by atoms with Gasteiger partial charge in [-0.3, -0.25) is 9.78 Å². The molecular formula is C15H15BrF2N4O2. The van der Waals surface area contributed by atoms with Crippen LogP contribution >= 0.6 is 15.9 Å². The molecule has 2 aromatic heterocycles. The second-order valence-electron chi connectivity index (χ2n) is 5.75. The predicted octanol–water partition coefficient (Wildman–Crippen LogP) is 3.45. The van der Waals surface area contributed by atoms with Gasteiger partial charge in [-0.1, -0.05) is 5.16 Å². The van der Waals surface area contributed by atoms with Crippen LogP contribution in [0.4, 0.5) is 8.78 Å². The molecule has 1 aliphatic rings. The summed E-state index contributed by atoms with van der Waals surface area (Å²) in [7, 11) is 0. The summed E-state index contributed by atoms with van der Waals surface area (Å²) in [6, 6.07) is 1.64. The standard InChI is InChI=1S/C15H15BrF2N4O2/c16-11-5-10(6-19-7-11)14(23)20-8-12-21-13(22-24-12)9-1-3-15(17,18)4-2-9/h5-7,9H,1-4,8H2,(H,20,23). The summed E-state index contributed by atoms with van der Waals surface area (Å²) in [5.41, 5.74) is 0.402. The van der Waals surface area contributed by atoms with Crippen LogP contribution in [0.15, 0.2) is 27.5 Å². The van der Waals surface area contributed by atoms with Crippen LogP contribution in [0, 0.1) is 0 Å². The van der Waals surface area contributed by atoms with Gasteiger partial charge in [-0.15, -0.1) is 0 Å². The van der Waals surface area contributed by atoms with Crippen molar-refractivity contribution < 1.29 is 18.1 Å². The Hall–Kier alpha value is -1.90. The minimum atomic E-state index is -2.59. The first kappa shape index (κ1) is 16.9. The van der Waals surface area contributed by atoms with E-state index in [4.69, 9.17) is 4.52 Å². The van der Waals surface area contributed by atoms with E-state index in [0.29, 0.717) is 28.7 Å². The van der Waals surface area contributed by atoms with Crippen molar-refractivity contribution in [3.63, 3.8) is 0 Å². The lowest BCUT2D eigenvalue weighted by atomic mass is 9.86. The summed E-state index contributed by atoms with van der Waals surface area (Å²) < 4.78 is 32.1. The van der Waals surface area contributed by atoms with Crippen molar-refractivity contribution >= 4 is 21.8 Å². The molecule has 0 aromatic carbocycles. The van der Waals surface area contributed by atoms with Crippen molar-refractivity contribution in [3.8, 4) is 0 Å². The number of carbonyl (C=O) groups is 1. The Balaban J connectivity index is 1.56. The normalized spacial score (nSPS) is 17.6. The largest absolute Gasteiger partial charge is 0.343 e. The smallest absolute Gasteiger partial charge is 0.253 e. The molecule has 2 heterocycles. The van der Waals surface area contributed by atoms with Gasteiger partial charge in [0.2, 0.25) is 11.8 Å². The zero-order valence-electron chi connectivity index (χ0n) is 12.6. The van der Waals surface area contributed by atoms with E-state index in [1.54, 1.807) is 12.3 Å². The highest BCUT2D eigenvalue weighted by Crippen LogP contribution is 2.39. The van der Waals surface area contributed by atoms with Crippen LogP contribution in [0.3, 0.4) is 0 Å². The summed E-state index contributed by atoms with van der Waals surface area (Å²) >= 11 is 3.25. The number of hydrogen-bond donors (Lipinski definition) is 1. The highest BCUT2D eigenvalue weighted by Gasteiger charge is 2.36. The number of nitrogens with one attached hydrogen (secondary N) is 1. The predicted molar refractivity (Wildman–Crippen MR) is 83.6 cm³/mol. The van der Waals surface area contributed by atoms with Crippen LogP contribution in [0.5, 0.6) is 0 Å². The zero-order chi connectivity index (χ0) is 17.2. The van der Waals surface area contributed by atoms with Crippen LogP contribution in [0.25, 0.3) is 0 Å². The molecule has 1 aliphatic carbocycles. The zero-order valence-corrected chi connectivity index (χ0v) is 14.2. The van der Waals surface area contributed by atoms with Crippen LogP contribution in [0.2, 0.25) is 0 Å². The minimum absolute atomic E-state index is 0.0707. The molecule has 0 unspecified atom stereocenters. The first-order chi connectivity index (χ1) is 11.4. The third-order valence-electron chi connectivity index (χ3n) is 3.93. The number of amides is 1. The van der Waals surface area contributed by atoms with Crippen molar-refractivity contribution in [2.75, 3.05) is 0 Å². The van der Waals surface area contributed by atoms with Gasteiger partial charge in [-0.05, 0) is 34.8 Å². The quantitative estimate of drug-likeness (QED) is 0.849. The number of aromatic nitrogens is 3. The number of rotatable bonds is 4. The molecule has 6 nitrogen and oxygen atoms in total. The summed E-state index contributed by atoms with van der Waals surface area (Å²) in [5, 5.41) is 6.51. The van der Waals surface area contributed by atoms with E-state index in [9.17, 15) is 13.6 Å². The summed E-state index contributed by atoms with van der Waals surface area (Å²) in [4.78, 5) is 20.1. The molecule has 2 aromatic rings. The Morgan fingerprint density at radius 2 is 2.12 bits per heavy atom. The molecule has 0 spiro atoms. The van der Waals surface area contributed by atoms with Crippen molar-refractivity contribution in [2.24, 2.45) is 0 Å². The maximum absolute atomic E-state index is 13.2. The lowest BCUT2D eigenvalue weighted by molar-refractivity contribution is -0.0389. The molecule has 9 heteroatoms. The van der Waals surface area contributed by atoms with Crippen LogP contribution < -0.4 is 5.32 Å². The molecular weight excluding hydrogens is 386 g/mol. The Morgan fingerprint density at radius 3 is 2.83 bits per heavy atom. The molecule has 0 bridgehead atoms. The van der Waals surface area contributed by atoms with E-state index in [0.717, 1.165) is 0 Å². The fourth-order valence-electron chi connectivity index (χ4n) is 2.60. The molecule has 128 valence electrons. The highest BCUT2D eigenvalue weighted by atomic mass is 79.9. The molecule has 1 fully saturated rings. The number of hydrogen-bond acceptors (Lipinski definition) is 5. The Kier molecular flexibility index (Phi) is 4.88. The first-order valence-corrected chi connectivity index (χ1v) is 8.31. The molecule has 0 radical (unpaired) electrons. The highest BCUT2D eigenvalue weighted by molar-refractivity contribution is 9.10. The molecule has 0 saturated heterocycles. The third-order valence-corrected chi connectivity index (χ3v) is 4.37. The fourth-order valence-corrected chi connectivity index (χ4v) is 2.96. The summed E-state index contributed by atoms with van der Waals surface area (Å²) in [5.74, 6) is -2.35.